The van der Waals surface area contributed by atoms with Crippen molar-refractivity contribution in [2.45, 2.75) is 44.9 Å². The molecule has 1 amide bonds. The molecule has 6 nitrogen and oxygen atoms in total. The molecule has 6 heteroatoms. The second-order valence-electron chi connectivity index (χ2n) is 8.46. The first-order valence-electron chi connectivity index (χ1n) is 10.1. The average molecular weight is 398 g/mol. The standard InChI is InChI=1S/C23H31N3O3/c1-23(2)13-20(9-11-29-23)25-22(27)16-28-21-8-7-17(12-19(21)15-26(3)4)18-6-5-10-24-14-18/h5-8,10,12,14,20H,9,11,13,15-16H2,1-4H3,(H,25,27). The Balaban J connectivity index is 1.65. The predicted octanol–water partition coefficient (Wildman–Crippen LogP) is 3.26. The molecule has 1 N–H and O–H groups in total. The number of rotatable bonds is 7. The molecule has 1 aliphatic heterocycles. The van der Waals surface area contributed by atoms with Crippen molar-refractivity contribution in [1.82, 2.24) is 15.2 Å². The zero-order valence-corrected chi connectivity index (χ0v) is 17.8. The van der Waals surface area contributed by atoms with Gasteiger partial charge in [-0.2, -0.15) is 0 Å². The number of hydrogen-bond donors (Lipinski definition) is 1. The van der Waals surface area contributed by atoms with E-state index in [-0.39, 0.29) is 24.2 Å². The van der Waals surface area contributed by atoms with Crippen LogP contribution in [0.2, 0.25) is 0 Å². The van der Waals surface area contributed by atoms with Gasteiger partial charge in [0.15, 0.2) is 6.61 Å². The molecule has 3 rings (SSSR count). The molecule has 2 aromatic rings. The summed E-state index contributed by atoms with van der Waals surface area (Å²) in [4.78, 5) is 18.7. The van der Waals surface area contributed by atoms with Gasteiger partial charge in [0, 0.05) is 42.7 Å². The number of carbonyl (C=O) groups is 1. The molecule has 0 aliphatic carbocycles. The summed E-state index contributed by atoms with van der Waals surface area (Å²) in [5, 5.41) is 3.08. The van der Waals surface area contributed by atoms with E-state index in [0.29, 0.717) is 6.61 Å². The van der Waals surface area contributed by atoms with Crippen molar-refractivity contribution in [2.24, 2.45) is 0 Å². The zero-order valence-electron chi connectivity index (χ0n) is 17.8. The second-order valence-corrected chi connectivity index (χ2v) is 8.46. The Morgan fingerprint density at radius 3 is 2.83 bits per heavy atom. The lowest BCUT2D eigenvalue weighted by Crippen LogP contribution is -2.47. The van der Waals surface area contributed by atoms with Crippen LogP contribution in [-0.2, 0) is 16.1 Å². The van der Waals surface area contributed by atoms with Crippen LogP contribution in [-0.4, -0.2) is 54.7 Å². The van der Waals surface area contributed by atoms with Gasteiger partial charge in [0.1, 0.15) is 5.75 Å². The molecule has 1 unspecified atom stereocenters. The van der Waals surface area contributed by atoms with E-state index in [2.05, 4.69) is 35.1 Å². The Morgan fingerprint density at radius 2 is 2.14 bits per heavy atom. The summed E-state index contributed by atoms with van der Waals surface area (Å²) in [6.45, 7) is 5.50. The monoisotopic (exact) mass is 397 g/mol. The third-order valence-electron chi connectivity index (χ3n) is 4.96. The summed E-state index contributed by atoms with van der Waals surface area (Å²) >= 11 is 0. The molecule has 0 saturated carbocycles. The fraction of sp³-hybridized carbons (Fsp3) is 0.478. The molecular formula is C23H31N3O3. The quantitative estimate of drug-likeness (QED) is 0.777. The molecule has 1 fully saturated rings. The van der Waals surface area contributed by atoms with Crippen LogP contribution >= 0.6 is 0 Å². The van der Waals surface area contributed by atoms with E-state index in [1.54, 1.807) is 6.20 Å². The highest BCUT2D eigenvalue weighted by Crippen LogP contribution is 2.27. The number of pyridine rings is 1. The van der Waals surface area contributed by atoms with Crippen LogP contribution in [0.3, 0.4) is 0 Å². The maximum absolute atomic E-state index is 12.4. The lowest BCUT2D eigenvalue weighted by Gasteiger charge is -2.35. The Kier molecular flexibility index (Phi) is 6.87. The van der Waals surface area contributed by atoms with Crippen LogP contribution in [0.1, 0.15) is 32.3 Å². The van der Waals surface area contributed by atoms with E-state index in [4.69, 9.17) is 9.47 Å². The van der Waals surface area contributed by atoms with Crippen molar-refractivity contribution in [3.63, 3.8) is 0 Å². The first-order valence-corrected chi connectivity index (χ1v) is 10.1. The topological polar surface area (TPSA) is 63.7 Å². The normalized spacial score (nSPS) is 18.4. The second kappa shape index (κ2) is 9.37. The van der Waals surface area contributed by atoms with E-state index in [1.807, 2.05) is 44.6 Å². The minimum absolute atomic E-state index is 0.00442. The van der Waals surface area contributed by atoms with Gasteiger partial charge in [-0.15, -0.1) is 0 Å². The highest BCUT2D eigenvalue weighted by atomic mass is 16.5. The first kappa shape index (κ1) is 21.3. The van der Waals surface area contributed by atoms with Crippen molar-refractivity contribution in [3.05, 3.63) is 48.3 Å². The minimum Gasteiger partial charge on any atom is -0.483 e. The van der Waals surface area contributed by atoms with E-state index in [9.17, 15) is 4.79 Å². The van der Waals surface area contributed by atoms with Crippen molar-refractivity contribution >= 4 is 5.91 Å². The summed E-state index contributed by atoms with van der Waals surface area (Å²) in [5.41, 5.74) is 2.98. The van der Waals surface area contributed by atoms with Crippen molar-refractivity contribution in [1.29, 1.82) is 0 Å². The van der Waals surface area contributed by atoms with E-state index < -0.39 is 0 Å². The van der Waals surface area contributed by atoms with Crippen LogP contribution in [0.15, 0.2) is 42.7 Å². The highest BCUT2D eigenvalue weighted by molar-refractivity contribution is 5.78. The molecular weight excluding hydrogens is 366 g/mol. The van der Waals surface area contributed by atoms with Gasteiger partial charge in [0.05, 0.1) is 5.60 Å². The van der Waals surface area contributed by atoms with Crippen LogP contribution in [0, 0.1) is 0 Å². The molecule has 1 aromatic heterocycles. The molecule has 1 atom stereocenters. The third kappa shape index (κ3) is 6.27. The lowest BCUT2D eigenvalue weighted by atomic mass is 9.94. The summed E-state index contributed by atoms with van der Waals surface area (Å²) in [5.74, 6) is 0.633. The van der Waals surface area contributed by atoms with Gasteiger partial charge < -0.3 is 19.7 Å². The predicted molar refractivity (Wildman–Crippen MR) is 114 cm³/mol. The minimum atomic E-state index is -0.196. The number of carbonyl (C=O) groups excluding carboxylic acids is 1. The Hall–Kier alpha value is -2.44. The first-order chi connectivity index (χ1) is 13.8. The lowest BCUT2D eigenvalue weighted by molar-refractivity contribution is -0.126. The molecule has 0 spiro atoms. The van der Waals surface area contributed by atoms with Gasteiger partial charge in [0.25, 0.3) is 5.91 Å². The van der Waals surface area contributed by atoms with Gasteiger partial charge in [-0.05, 0) is 64.5 Å². The maximum atomic E-state index is 12.4. The van der Waals surface area contributed by atoms with Gasteiger partial charge in [-0.3, -0.25) is 9.78 Å². The van der Waals surface area contributed by atoms with Crippen LogP contribution < -0.4 is 10.1 Å². The van der Waals surface area contributed by atoms with Crippen molar-refractivity contribution in [2.75, 3.05) is 27.3 Å². The molecule has 29 heavy (non-hydrogen) atoms. The molecule has 1 saturated heterocycles. The molecule has 1 aliphatic rings. The Bertz CT molecular complexity index is 821. The van der Waals surface area contributed by atoms with Crippen LogP contribution in [0.5, 0.6) is 5.75 Å². The van der Waals surface area contributed by atoms with Gasteiger partial charge in [0.2, 0.25) is 0 Å². The van der Waals surface area contributed by atoms with Crippen LogP contribution in [0.25, 0.3) is 11.1 Å². The molecule has 156 valence electrons. The number of hydrogen-bond acceptors (Lipinski definition) is 5. The highest BCUT2D eigenvalue weighted by Gasteiger charge is 2.29. The number of amides is 1. The summed E-state index contributed by atoms with van der Waals surface area (Å²) in [6.07, 6.45) is 5.25. The fourth-order valence-corrected chi connectivity index (χ4v) is 3.67. The molecule has 0 bridgehead atoms. The van der Waals surface area contributed by atoms with Gasteiger partial charge >= 0.3 is 0 Å². The zero-order chi connectivity index (χ0) is 20.9. The van der Waals surface area contributed by atoms with E-state index in [1.165, 1.54) is 0 Å². The largest absolute Gasteiger partial charge is 0.483 e. The van der Waals surface area contributed by atoms with Crippen LogP contribution in [0.4, 0.5) is 0 Å². The number of nitrogens with zero attached hydrogens (tertiary/aromatic N) is 2. The summed E-state index contributed by atoms with van der Waals surface area (Å²) in [6, 6.07) is 10.1. The van der Waals surface area contributed by atoms with Gasteiger partial charge in [-0.25, -0.2) is 0 Å². The number of benzene rings is 1. The Morgan fingerprint density at radius 1 is 1.31 bits per heavy atom. The molecule has 2 heterocycles. The average Bonchev–Trinajstić information content (AvgIpc) is 2.66. The molecule has 0 radical (unpaired) electrons. The number of nitrogens with one attached hydrogen (secondary N) is 1. The maximum Gasteiger partial charge on any atom is 0.258 e. The van der Waals surface area contributed by atoms with Crippen molar-refractivity contribution in [3.8, 4) is 16.9 Å². The summed E-state index contributed by atoms with van der Waals surface area (Å²) in [7, 11) is 4.03. The fourth-order valence-electron chi connectivity index (χ4n) is 3.67. The third-order valence-corrected chi connectivity index (χ3v) is 4.96. The number of aromatic nitrogens is 1. The Labute approximate surface area is 173 Å². The molecule has 1 aromatic carbocycles. The smallest absolute Gasteiger partial charge is 0.258 e. The number of ether oxygens (including phenoxy) is 2. The van der Waals surface area contributed by atoms with E-state index in [0.717, 1.165) is 41.8 Å². The van der Waals surface area contributed by atoms with Crippen molar-refractivity contribution < 1.29 is 14.3 Å². The van der Waals surface area contributed by atoms with Gasteiger partial charge in [-0.1, -0.05) is 12.1 Å². The SMILES string of the molecule is CN(C)Cc1cc(-c2cccnc2)ccc1OCC(=O)NC1CCOC(C)(C)C1. The summed E-state index contributed by atoms with van der Waals surface area (Å²) < 4.78 is 11.6. The van der Waals surface area contributed by atoms with E-state index >= 15 is 0 Å².